The van der Waals surface area contributed by atoms with Gasteiger partial charge in [-0.3, -0.25) is 19.7 Å². The van der Waals surface area contributed by atoms with Gasteiger partial charge >= 0.3 is 6.09 Å². The fraction of sp³-hybridized carbons (Fsp3) is 0.500. The molecule has 0 spiro atoms. The lowest BCUT2D eigenvalue weighted by atomic mass is 10.0. The van der Waals surface area contributed by atoms with Crippen molar-refractivity contribution in [2.24, 2.45) is 5.73 Å². The number of amides is 2. The molecular weight excluding hydrogens is 453 g/mol. The average Bonchev–Trinajstić information content (AvgIpc) is 3.43. The van der Waals surface area contributed by atoms with Crippen molar-refractivity contribution in [3.05, 3.63) is 40.3 Å². The molecule has 33 heavy (non-hydrogen) atoms. The molecule has 0 saturated heterocycles. The summed E-state index contributed by atoms with van der Waals surface area (Å²) < 4.78 is 20.8. The molecular formula is C22H27ClFN5O4. The third-order valence-corrected chi connectivity index (χ3v) is 5.80. The molecule has 2 aromatic rings. The van der Waals surface area contributed by atoms with Gasteiger partial charge in [0.2, 0.25) is 0 Å². The number of hydrogen-bond acceptors (Lipinski definition) is 6. The van der Waals surface area contributed by atoms with Crippen LogP contribution in [0.4, 0.5) is 9.18 Å². The van der Waals surface area contributed by atoms with Crippen molar-refractivity contribution >= 4 is 23.6 Å². The second-order valence-electron chi connectivity index (χ2n) is 9.42. The number of nitrogens with zero attached hydrogens (tertiary/aromatic N) is 3. The van der Waals surface area contributed by atoms with Crippen molar-refractivity contribution in [3.63, 3.8) is 0 Å². The molecule has 1 saturated carbocycles. The van der Waals surface area contributed by atoms with Gasteiger partial charge in [0.25, 0.3) is 5.91 Å². The molecule has 1 aliphatic carbocycles. The van der Waals surface area contributed by atoms with Crippen LogP contribution in [0.3, 0.4) is 0 Å². The molecule has 2 aliphatic rings. The lowest BCUT2D eigenvalue weighted by Gasteiger charge is -2.37. The Bertz CT molecular complexity index is 1100. The summed E-state index contributed by atoms with van der Waals surface area (Å²) >= 11 is 5.95. The number of aliphatic hydroxyl groups excluding tert-OH is 1. The zero-order valence-corrected chi connectivity index (χ0v) is 19.4. The molecule has 4 N–H and O–H groups in total. The number of nitrogens with one attached hydrogen (secondary N) is 1. The summed E-state index contributed by atoms with van der Waals surface area (Å²) in [5.74, 6) is -1.37. The van der Waals surface area contributed by atoms with Crippen molar-refractivity contribution in [3.8, 4) is 11.3 Å². The molecule has 2 atom stereocenters. The zero-order chi connectivity index (χ0) is 24.1. The monoisotopic (exact) mass is 479 g/mol. The van der Waals surface area contributed by atoms with Gasteiger partial charge in [0.1, 0.15) is 29.4 Å². The van der Waals surface area contributed by atoms with Crippen LogP contribution in [0.1, 0.15) is 55.7 Å². The van der Waals surface area contributed by atoms with E-state index in [0.717, 1.165) is 12.8 Å². The Balaban J connectivity index is 1.80. The standard InChI is InChI=1S/C22H27ClFN5O4/c1-22(2,3)33-21(32)28-9-15-17(19(25)30)18(11-4-7-14(24)13(23)8-11)27-29(15)16(10-28)20(31)26-12-5-6-12/h4,7-8,12,16,20,26,31H,5-6,9-10H2,1-3H3,(H2,25,30). The highest BCUT2D eigenvalue weighted by atomic mass is 35.5. The maximum atomic E-state index is 13.7. The molecule has 4 rings (SSSR count). The molecule has 2 amide bonds. The topological polar surface area (TPSA) is 123 Å². The molecule has 11 heteroatoms. The van der Waals surface area contributed by atoms with Crippen LogP contribution in [0, 0.1) is 5.82 Å². The van der Waals surface area contributed by atoms with E-state index in [1.54, 1.807) is 20.8 Å². The van der Waals surface area contributed by atoms with Crippen LogP contribution in [0.2, 0.25) is 5.02 Å². The number of aromatic nitrogens is 2. The number of halogens is 2. The Morgan fingerprint density at radius 3 is 2.64 bits per heavy atom. The van der Waals surface area contributed by atoms with Gasteiger partial charge in [-0.05, 0) is 51.8 Å². The van der Waals surface area contributed by atoms with E-state index in [1.165, 1.54) is 27.8 Å². The maximum absolute atomic E-state index is 13.7. The van der Waals surface area contributed by atoms with Crippen LogP contribution >= 0.6 is 11.6 Å². The lowest BCUT2D eigenvalue weighted by Crippen LogP contribution is -2.50. The molecule has 0 radical (unpaired) electrons. The summed E-state index contributed by atoms with van der Waals surface area (Å²) in [5.41, 5.74) is 6.02. The average molecular weight is 480 g/mol. The lowest BCUT2D eigenvalue weighted by molar-refractivity contribution is -0.00204. The second-order valence-corrected chi connectivity index (χ2v) is 9.83. The minimum Gasteiger partial charge on any atom is -0.444 e. The van der Waals surface area contributed by atoms with Crippen LogP contribution < -0.4 is 11.1 Å². The quantitative estimate of drug-likeness (QED) is 0.567. The number of ether oxygens (including phenoxy) is 1. The molecule has 2 heterocycles. The van der Waals surface area contributed by atoms with Crippen LogP contribution in [0.5, 0.6) is 0 Å². The van der Waals surface area contributed by atoms with Crippen LogP contribution in [0.25, 0.3) is 11.3 Å². The zero-order valence-electron chi connectivity index (χ0n) is 18.6. The van der Waals surface area contributed by atoms with Crippen LogP contribution in [0.15, 0.2) is 18.2 Å². The fourth-order valence-corrected chi connectivity index (χ4v) is 4.03. The smallest absolute Gasteiger partial charge is 0.410 e. The van der Waals surface area contributed by atoms with Crippen molar-refractivity contribution in [2.75, 3.05) is 6.54 Å². The molecule has 2 unspecified atom stereocenters. The van der Waals surface area contributed by atoms with Crippen molar-refractivity contribution in [1.82, 2.24) is 20.0 Å². The van der Waals surface area contributed by atoms with Crippen molar-refractivity contribution in [1.29, 1.82) is 0 Å². The molecule has 0 bridgehead atoms. The molecule has 1 fully saturated rings. The van der Waals surface area contributed by atoms with E-state index in [2.05, 4.69) is 10.4 Å². The Labute approximate surface area is 195 Å². The highest BCUT2D eigenvalue weighted by Crippen LogP contribution is 2.35. The Kier molecular flexibility index (Phi) is 6.10. The van der Waals surface area contributed by atoms with Gasteiger partial charge in [-0.25, -0.2) is 9.18 Å². The summed E-state index contributed by atoms with van der Waals surface area (Å²) in [7, 11) is 0. The summed E-state index contributed by atoms with van der Waals surface area (Å²) in [4.78, 5) is 26.8. The highest BCUT2D eigenvalue weighted by molar-refractivity contribution is 6.31. The highest BCUT2D eigenvalue weighted by Gasteiger charge is 2.40. The van der Waals surface area contributed by atoms with E-state index >= 15 is 0 Å². The first-order valence-electron chi connectivity index (χ1n) is 10.7. The SMILES string of the molecule is CC(C)(C)OC(=O)N1Cc2c(C(N)=O)c(-c3ccc(F)c(Cl)c3)nn2C(C(O)NC2CC2)C1. The molecule has 1 aromatic carbocycles. The molecule has 9 nitrogen and oxygen atoms in total. The summed E-state index contributed by atoms with van der Waals surface area (Å²) in [5, 5.41) is 18.5. The van der Waals surface area contributed by atoms with Gasteiger partial charge in [-0.15, -0.1) is 0 Å². The predicted molar refractivity (Wildman–Crippen MR) is 119 cm³/mol. The summed E-state index contributed by atoms with van der Waals surface area (Å²) in [6.45, 7) is 5.37. The van der Waals surface area contributed by atoms with E-state index in [-0.39, 0.29) is 35.4 Å². The summed E-state index contributed by atoms with van der Waals surface area (Å²) in [6.07, 6.45) is 0.265. The van der Waals surface area contributed by atoms with Crippen LogP contribution in [-0.4, -0.2) is 56.2 Å². The van der Waals surface area contributed by atoms with Gasteiger partial charge in [0.05, 0.1) is 29.4 Å². The van der Waals surface area contributed by atoms with Gasteiger partial charge in [-0.1, -0.05) is 11.6 Å². The first-order chi connectivity index (χ1) is 15.4. The van der Waals surface area contributed by atoms with Gasteiger partial charge in [0, 0.05) is 11.6 Å². The van der Waals surface area contributed by atoms with Gasteiger partial charge in [0.15, 0.2) is 0 Å². The fourth-order valence-electron chi connectivity index (χ4n) is 3.85. The third-order valence-electron chi connectivity index (χ3n) is 5.51. The number of rotatable bonds is 5. The number of carbonyl (C=O) groups is 2. The number of hydrogen-bond donors (Lipinski definition) is 3. The minimum atomic E-state index is -1.04. The number of fused-ring (bicyclic) bond motifs is 1. The van der Waals surface area contributed by atoms with E-state index in [1.807, 2.05) is 0 Å². The van der Waals surface area contributed by atoms with E-state index < -0.39 is 35.7 Å². The number of primary amides is 1. The number of nitrogens with two attached hydrogens (primary N) is 1. The van der Waals surface area contributed by atoms with E-state index in [4.69, 9.17) is 22.1 Å². The van der Waals surface area contributed by atoms with E-state index in [9.17, 15) is 19.1 Å². The van der Waals surface area contributed by atoms with Crippen LogP contribution in [-0.2, 0) is 11.3 Å². The molecule has 1 aliphatic heterocycles. The largest absolute Gasteiger partial charge is 0.444 e. The predicted octanol–water partition coefficient (Wildman–Crippen LogP) is 2.80. The van der Waals surface area contributed by atoms with Crippen molar-refractivity contribution < 1.29 is 23.8 Å². The normalized spacial score (nSPS) is 19.2. The minimum absolute atomic E-state index is 0.00175. The number of carbonyl (C=O) groups excluding carboxylic acids is 2. The molecule has 178 valence electrons. The first-order valence-corrected chi connectivity index (χ1v) is 11.1. The number of aliphatic hydroxyl groups is 1. The maximum Gasteiger partial charge on any atom is 0.410 e. The Morgan fingerprint density at radius 1 is 1.36 bits per heavy atom. The second kappa shape index (κ2) is 8.58. The third kappa shape index (κ3) is 4.97. The van der Waals surface area contributed by atoms with E-state index in [0.29, 0.717) is 11.3 Å². The van der Waals surface area contributed by atoms with Gasteiger partial charge < -0.3 is 15.6 Å². The first kappa shape index (κ1) is 23.5. The van der Waals surface area contributed by atoms with Crippen molar-refractivity contribution in [2.45, 2.75) is 64.1 Å². The Hall–Kier alpha value is -2.69. The molecule has 1 aromatic heterocycles. The summed E-state index contributed by atoms with van der Waals surface area (Å²) in [6, 6.07) is 3.46. The number of benzene rings is 1. The van der Waals surface area contributed by atoms with Gasteiger partial charge in [-0.2, -0.15) is 5.10 Å². The Morgan fingerprint density at radius 2 is 2.06 bits per heavy atom.